The largest absolute Gasteiger partial charge is 0.480 e. The minimum atomic E-state index is -4.67. The minimum absolute atomic E-state index is 0.0412. The van der Waals surface area contributed by atoms with Gasteiger partial charge in [-0.15, -0.1) is 0 Å². The van der Waals surface area contributed by atoms with E-state index in [0.29, 0.717) is 15.1 Å². The van der Waals surface area contributed by atoms with Crippen LogP contribution >= 0.6 is 11.5 Å². The topological polar surface area (TPSA) is 79.8 Å². The molecule has 106 valence electrons. The van der Waals surface area contributed by atoms with Gasteiger partial charge in [0.25, 0.3) is 5.91 Å². The predicted octanol–water partition coefficient (Wildman–Crippen LogP) is 0.124. The minimum Gasteiger partial charge on any atom is -0.480 e. The molecule has 1 aromatic rings. The predicted molar refractivity (Wildman–Crippen MR) is 66.2 cm³/mol. The fourth-order valence-electron chi connectivity index (χ4n) is 1.72. The Bertz CT molecular complexity index is 566. The number of aromatic nitrogens is 1. The highest BCUT2D eigenvalue weighted by Crippen LogP contribution is 2.19. The van der Waals surface area contributed by atoms with E-state index in [-0.39, 0.29) is 32.1 Å². The quantitative estimate of drug-likeness (QED) is 0.741. The maximum absolute atomic E-state index is 12.7. The Morgan fingerprint density at radius 3 is 2.53 bits per heavy atom. The number of nitrogens with zero attached hydrogens (tertiary/aromatic N) is 3. The smallest absolute Gasteiger partial charge is 0.374 e. The van der Waals surface area contributed by atoms with Crippen molar-refractivity contribution in [1.82, 2.24) is 13.6 Å². The molecule has 1 saturated heterocycles. The fourth-order valence-corrected chi connectivity index (χ4v) is 3.00. The lowest BCUT2D eigenvalue weighted by molar-refractivity contribution is 0.0699. The number of carbonyl (C=O) groups is 1. The summed E-state index contributed by atoms with van der Waals surface area (Å²) < 4.78 is 43.7. The van der Waals surface area contributed by atoms with E-state index in [9.17, 15) is 17.1 Å². The molecule has 1 aromatic heterocycles. The molecule has 0 bridgehead atoms. The van der Waals surface area contributed by atoms with Gasteiger partial charge in [0.05, 0.1) is 7.11 Å². The number of ether oxygens (including phenoxy) is 1. The molecule has 0 saturated carbocycles. The van der Waals surface area contributed by atoms with Crippen molar-refractivity contribution in [2.24, 2.45) is 0 Å². The molecule has 10 heteroatoms. The lowest BCUT2D eigenvalue weighted by atomic mass is 10.3. The summed E-state index contributed by atoms with van der Waals surface area (Å²) in [6.07, 6.45) is 0. The highest BCUT2D eigenvalue weighted by Gasteiger charge is 2.29. The van der Waals surface area contributed by atoms with Gasteiger partial charge in [0.15, 0.2) is 0 Å². The van der Waals surface area contributed by atoms with Crippen LogP contribution in [-0.2, 0) is 10.4 Å². The SMILES string of the molecule is COc1cc(C(=O)N2CCN(S(=O)(=O)F)CC2)sn1. The van der Waals surface area contributed by atoms with E-state index >= 15 is 0 Å². The maximum atomic E-state index is 12.7. The summed E-state index contributed by atoms with van der Waals surface area (Å²) in [6, 6.07) is 1.52. The van der Waals surface area contributed by atoms with Crippen LogP contribution < -0.4 is 4.74 Å². The molecule has 0 aromatic carbocycles. The Morgan fingerprint density at radius 1 is 1.42 bits per heavy atom. The lowest BCUT2D eigenvalue weighted by Gasteiger charge is -2.31. The van der Waals surface area contributed by atoms with Crippen molar-refractivity contribution >= 4 is 27.8 Å². The zero-order valence-corrected chi connectivity index (χ0v) is 11.7. The summed E-state index contributed by atoms with van der Waals surface area (Å²) in [6.45, 7) is 0.228. The third-order valence-electron chi connectivity index (χ3n) is 2.74. The number of amides is 1. The third-order valence-corrected chi connectivity index (χ3v) is 4.49. The second-order valence-corrected chi connectivity index (χ2v) is 6.01. The highest BCUT2D eigenvalue weighted by atomic mass is 32.3. The van der Waals surface area contributed by atoms with Crippen molar-refractivity contribution in [1.29, 1.82) is 0 Å². The molecule has 19 heavy (non-hydrogen) atoms. The van der Waals surface area contributed by atoms with Gasteiger partial charge in [-0.25, -0.2) is 0 Å². The van der Waals surface area contributed by atoms with E-state index in [1.165, 1.54) is 18.1 Å². The molecule has 0 atom stereocenters. The van der Waals surface area contributed by atoms with Crippen molar-refractivity contribution in [3.8, 4) is 5.88 Å². The first kappa shape index (κ1) is 14.2. The van der Waals surface area contributed by atoms with E-state index < -0.39 is 10.4 Å². The van der Waals surface area contributed by atoms with E-state index in [0.717, 1.165) is 11.5 Å². The number of halogens is 1. The van der Waals surface area contributed by atoms with Gasteiger partial charge < -0.3 is 9.64 Å². The van der Waals surface area contributed by atoms with Crippen LogP contribution in [0.2, 0.25) is 0 Å². The molecule has 1 aliphatic heterocycles. The average molecular weight is 309 g/mol. The number of carbonyl (C=O) groups excluding carboxylic acids is 1. The molecule has 0 aliphatic carbocycles. The maximum Gasteiger partial charge on any atom is 0.374 e. The van der Waals surface area contributed by atoms with Crippen LogP contribution in [0.5, 0.6) is 5.88 Å². The fraction of sp³-hybridized carbons (Fsp3) is 0.556. The van der Waals surface area contributed by atoms with Crippen molar-refractivity contribution in [3.63, 3.8) is 0 Å². The number of piperazine rings is 1. The van der Waals surface area contributed by atoms with E-state index in [4.69, 9.17) is 4.74 Å². The molecule has 1 amide bonds. The second kappa shape index (κ2) is 5.39. The van der Waals surface area contributed by atoms with Crippen LogP contribution in [0.25, 0.3) is 0 Å². The first-order valence-corrected chi connectivity index (χ1v) is 7.53. The molecule has 7 nitrogen and oxygen atoms in total. The Kier molecular flexibility index (Phi) is 4.02. The van der Waals surface area contributed by atoms with Crippen molar-refractivity contribution < 1.29 is 21.8 Å². The van der Waals surface area contributed by atoms with Gasteiger partial charge in [0.1, 0.15) is 4.88 Å². The van der Waals surface area contributed by atoms with Gasteiger partial charge in [-0.1, -0.05) is 3.89 Å². The van der Waals surface area contributed by atoms with E-state index in [2.05, 4.69) is 4.37 Å². The molecular weight excluding hydrogens is 297 g/mol. The van der Waals surface area contributed by atoms with Crippen LogP contribution in [0.4, 0.5) is 3.89 Å². The molecular formula is C9H12FN3O4S2. The van der Waals surface area contributed by atoms with Gasteiger partial charge in [-0.2, -0.15) is 17.1 Å². The second-order valence-electron chi connectivity index (χ2n) is 3.87. The Morgan fingerprint density at radius 2 is 2.05 bits per heavy atom. The van der Waals surface area contributed by atoms with Crippen molar-refractivity contribution in [3.05, 3.63) is 10.9 Å². The monoisotopic (exact) mass is 309 g/mol. The van der Waals surface area contributed by atoms with Gasteiger partial charge in [0, 0.05) is 32.2 Å². The molecule has 0 spiro atoms. The normalized spacial score (nSPS) is 17.5. The summed E-state index contributed by atoms with van der Waals surface area (Å²) in [7, 11) is -3.22. The van der Waals surface area contributed by atoms with Gasteiger partial charge in [-0.3, -0.25) is 4.79 Å². The molecule has 2 rings (SSSR count). The molecule has 0 N–H and O–H groups in total. The summed E-state index contributed by atoms with van der Waals surface area (Å²) in [5.41, 5.74) is 0. The Hall–Kier alpha value is -1.26. The molecule has 1 aliphatic rings. The third kappa shape index (κ3) is 3.19. The first-order valence-electron chi connectivity index (χ1n) is 5.41. The summed E-state index contributed by atoms with van der Waals surface area (Å²) in [5.74, 6) is 0.107. The molecule has 2 heterocycles. The van der Waals surface area contributed by atoms with E-state index in [1.807, 2.05) is 0 Å². The molecule has 0 radical (unpaired) electrons. The summed E-state index contributed by atoms with van der Waals surface area (Å²) >= 11 is 1.01. The number of hydrogen-bond acceptors (Lipinski definition) is 6. The Balaban J connectivity index is 1.99. The number of rotatable bonds is 3. The van der Waals surface area contributed by atoms with E-state index in [1.54, 1.807) is 0 Å². The van der Waals surface area contributed by atoms with Crippen molar-refractivity contribution in [2.45, 2.75) is 0 Å². The van der Waals surface area contributed by atoms with Crippen LogP contribution in [0, 0.1) is 0 Å². The first-order chi connectivity index (χ1) is 8.91. The average Bonchev–Trinajstić information content (AvgIpc) is 2.86. The molecule has 1 fully saturated rings. The van der Waals surface area contributed by atoms with Crippen LogP contribution in [0.15, 0.2) is 6.07 Å². The lowest BCUT2D eigenvalue weighted by Crippen LogP contribution is -2.49. The molecule has 0 unspecified atom stereocenters. The highest BCUT2D eigenvalue weighted by molar-refractivity contribution is 7.83. The zero-order chi connectivity index (χ0) is 14.0. The summed E-state index contributed by atoms with van der Waals surface area (Å²) in [4.78, 5) is 13.9. The van der Waals surface area contributed by atoms with Crippen molar-refractivity contribution in [2.75, 3.05) is 33.3 Å². The zero-order valence-electron chi connectivity index (χ0n) is 10.1. The van der Waals surface area contributed by atoms with Gasteiger partial charge >= 0.3 is 10.4 Å². The van der Waals surface area contributed by atoms with Crippen LogP contribution in [0.1, 0.15) is 9.67 Å². The van der Waals surface area contributed by atoms with Gasteiger partial charge in [-0.05, 0) is 11.5 Å². The number of hydrogen-bond donors (Lipinski definition) is 0. The van der Waals surface area contributed by atoms with Gasteiger partial charge in [0.2, 0.25) is 5.88 Å². The van der Waals surface area contributed by atoms with Crippen LogP contribution in [-0.4, -0.2) is 61.2 Å². The Labute approximate surface area is 114 Å². The number of methoxy groups -OCH3 is 1. The van der Waals surface area contributed by atoms with Crippen LogP contribution in [0.3, 0.4) is 0 Å². The summed E-state index contributed by atoms with van der Waals surface area (Å²) in [5, 5.41) is 0. The standard InChI is InChI=1S/C9H12FN3O4S2/c1-17-8-6-7(18-11-8)9(14)12-2-4-13(5-3-12)19(10,15)16/h6H,2-5H2,1H3.